The molecular weight excluding hydrogens is 294 g/mol. The third-order valence-corrected chi connectivity index (χ3v) is 4.91. The van der Waals surface area contributed by atoms with Gasteiger partial charge < -0.3 is 19.5 Å². The van der Waals surface area contributed by atoms with E-state index in [1.165, 1.54) is 12.8 Å². The maximum atomic E-state index is 12.6. The van der Waals surface area contributed by atoms with Gasteiger partial charge in [-0.1, -0.05) is 6.07 Å². The maximum absolute atomic E-state index is 12.6. The lowest BCUT2D eigenvalue weighted by Gasteiger charge is -2.26. The molecule has 2 heterocycles. The quantitative estimate of drug-likeness (QED) is 0.927. The minimum atomic E-state index is 0.0844. The summed E-state index contributed by atoms with van der Waals surface area (Å²) in [5.41, 5.74) is 1.12. The van der Waals surface area contributed by atoms with Gasteiger partial charge in [0, 0.05) is 19.1 Å². The lowest BCUT2D eigenvalue weighted by molar-refractivity contribution is -0.128. The highest BCUT2D eigenvalue weighted by atomic mass is 16.6. The molecule has 0 unspecified atom stereocenters. The Bertz CT molecular complexity index is 578. The molecule has 0 spiro atoms. The second-order valence-electron chi connectivity index (χ2n) is 6.61. The van der Waals surface area contributed by atoms with E-state index in [1.807, 2.05) is 12.1 Å². The van der Waals surface area contributed by atoms with E-state index >= 15 is 0 Å². The third kappa shape index (κ3) is 3.29. The van der Waals surface area contributed by atoms with Crippen LogP contribution in [0.5, 0.6) is 11.5 Å². The fraction of sp³-hybridized carbons (Fsp3) is 0.611. The van der Waals surface area contributed by atoms with Crippen molar-refractivity contribution < 1.29 is 19.0 Å². The van der Waals surface area contributed by atoms with E-state index in [9.17, 15) is 4.79 Å². The number of nitrogens with one attached hydrogen (secondary N) is 1. The average Bonchev–Trinajstić information content (AvgIpc) is 3.45. The van der Waals surface area contributed by atoms with Gasteiger partial charge in [-0.2, -0.15) is 0 Å². The molecule has 0 radical (unpaired) electrons. The molecule has 23 heavy (non-hydrogen) atoms. The number of rotatable bonds is 4. The van der Waals surface area contributed by atoms with Crippen LogP contribution in [0, 0.1) is 11.8 Å². The molecular formula is C18H23NO4. The first kappa shape index (κ1) is 14.8. The predicted molar refractivity (Wildman–Crippen MR) is 84.6 cm³/mol. The van der Waals surface area contributed by atoms with Crippen LogP contribution in [0.3, 0.4) is 0 Å². The van der Waals surface area contributed by atoms with Gasteiger partial charge in [-0.25, -0.2) is 0 Å². The van der Waals surface area contributed by atoms with Gasteiger partial charge in [0.15, 0.2) is 11.5 Å². The first-order valence-electron chi connectivity index (χ1n) is 8.59. The second-order valence-corrected chi connectivity index (χ2v) is 6.61. The molecule has 4 rings (SSSR count). The van der Waals surface area contributed by atoms with Crippen LogP contribution >= 0.6 is 0 Å². The first-order chi connectivity index (χ1) is 11.3. The summed E-state index contributed by atoms with van der Waals surface area (Å²) in [6, 6.07) is 6.13. The molecule has 5 heteroatoms. The van der Waals surface area contributed by atoms with E-state index < -0.39 is 0 Å². The summed E-state index contributed by atoms with van der Waals surface area (Å²) in [6.07, 6.45) is 4.00. The number of carbonyl (C=O) groups excluding carboxylic acids is 1. The summed E-state index contributed by atoms with van der Waals surface area (Å²) in [4.78, 5) is 12.6. The molecule has 1 saturated carbocycles. The Morgan fingerprint density at radius 3 is 2.48 bits per heavy atom. The number of ether oxygens (including phenoxy) is 3. The van der Waals surface area contributed by atoms with Crippen molar-refractivity contribution in [3.05, 3.63) is 23.8 Å². The fourth-order valence-corrected chi connectivity index (χ4v) is 3.39. The molecule has 1 aromatic carbocycles. The largest absolute Gasteiger partial charge is 0.486 e. The van der Waals surface area contributed by atoms with Crippen LogP contribution < -0.4 is 14.8 Å². The normalized spacial score (nSPS) is 22.4. The molecule has 1 aromatic rings. The molecule has 1 saturated heterocycles. The molecule has 2 fully saturated rings. The summed E-state index contributed by atoms with van der Waals surface area (Å²) in [5, 5.41) is 3.28. The van der Waals surface area contributed by atoms with E-state index in [0.29, 0.717) is 32.3 Å². The van der Waals surface area contributed by atoms with Crippen molar-refractivity contribution in [3.8, 4) is 11.5 Å². The highest BCUT2D eigenvalue weighted by molar-refractivity contribution is 5.79. The third-order valence-electron chi connectivity index (χ3n) is 4.91. The number of benzene rings is 1. The van der Waals surface area contributed by atoms with Gasteiger partial charge in [0.1, 0.15) is 13.2 Å². The molecule has 2 aliphatic heterocycles. The highest BCUT2D eigenvalue weighted by Gasteiger charge is 2.35. The Hall–Kier alpha value is -1.75. The summed E-state index contributed by atoms with van der Waals surface area (Å²) in [6.45, 7) is 2.56. The summed E-state index contributed by atoms with van der Waals surface area (Å²) in [7, 11) is 0. The van der Waals surface area contributed by atoms with E-state index in [-0.39, 0.29) is 17.9 Å². The topological polar surface area (TPSA) is 56.8 Å². The summed E-state index contributed by atoms with van der Waals surface area (Å²) >= 11 is 0. The van der Waals surface area contributed by atoms with Gasteiger partial charge in [-0.3, -0.25) is 4.79 Å². The molecule has 1 aliphatic carbocycles. The lowest BCUT2D eigenvalue weighted by atomic mass is 9.96. The monoisotopic (exact) mass is 317 g/mol. The van der Waals surface area contributed by atoms with Gasteiger partial charge in [0.05, 0.1) is 6.04 Å². The Balaban J connectivity index is 1.50. The van der Waals surface area contributed by atoms with Crippen LogP contribution in [0.25, 0.3) is 0 Å². The van der Waals surface area contributed by atoms with Gasteiger partial charge >= 0.3 is 0 Å². The lowest BCUT2D eigenvalue weighted by Crippen LogP contribution is -2.37. The van der Waals surface area contributed by atoms with Crippen LogP contribution in [-0.2, 0) is 9.53 Å². The second kappa shape index (κ2) is 6.40. The van der Waals surface area contributed by atoms with Crippen LogP contribution in [0.1, 0.15) is 37.3 Å². The molecule has 3 aliphatic rings. The van der Waals surface area contributed by atoms with Crippen LogP contribution in [0.4, 0.5) is 0 Å². The molecule has 0 aromatic heterocycles. The Labute approximate surface area is 136 Å². The standard InChI is InChI=1S/C18H23NO4/c20-18(13-5-7-21-8-6-13)19-17(12-1-2-12)14-3-4-15-16(11-14)23-10-9-22-15/h3-4,11-13,17H,1-2,5-10H2,(H,19,20)/t17-/m1/s1. The van der Waals surface area contributed by atoms with Crippen molar-refractivity contribution in [1.29, 1.82) is 0 Å². The van der Waals surface area contributed by atoms with E-state index in [1.54, 1.807) is 0 Å². The molecule has 0 bridgehead atoms. The van der Waals surface area contributed by atoms with Crippen molar-refractivity contribution in [3.63, 3.8) is 0 Å². The van der Waals surface area contributed by atoms with Crippen LogP contribution in [0.2, 0.25) is 0 Å². The number of fused-ring (bicyclic) bond motifs is 1. The van der Waals surface area contributed by atoms with E-state index in [4.69, 9.17) is 14.2 Å². The Morgan fingerprint density at radius 2 is 1.74 bits per heavy atom. The summed E-state index contributed by atoms with van der Waals surface area (Å²) in [5.74, 6) is 2.38. The van der Waals surface area contributed by atoms with Crippen molar-refractivity contribution in [1.82, 2.24) is 5.32 Å². The molecule has 1 amide bonds. The minimum absolute atomic E-state index is 0.0844. The number of amides is 1. The predicted octanol–water partition coefficient (Wildman–Crippen LogP) is 2.45. The maximum Gasteiger partial charge on any atom is 0.223 e. The minimum Gasteiger partial charge on any atom is -0.486 e. The zero-order valence-corrected chi connectivity index (χ0v) is 13.3. The van der Waals surface area contributed by atoms with Crippen LogP contribution in [0.15, 0.2) is 18.2 Å². The average molecular weight is 317 g/mol. The van der Waals surface area contributed by atoms with E-state index in [2.05, 4.69) is 11.4 Å². The zero-order chi connectivity index (χ0) is 15.6. The van der Waals surface area contributed by atoms with Crippen LogP contribution in [-0.4, -0.2) is 32.3 Å². The number of carbonyl (C=O) groups is 1. The molecule has 1 N–H and O–H groups in total. The van der Waals surface area contributed by atoms with Gasteiger partial charge in [-0.05, 0) is 49.3 Å². The van der Waals surface area contributed by atoms with Gasteiger partial charge in [0.25, 0.3) is 0 Å². The Morgan fingerprint density at radius 1 is 1.00 bits per heavy atom. The number of hydrogen-bond acceptors (Lipinski definition) is 4. The van der Waals surface area contributed by atoms with Crippen molar-refractivity contribution in [2.75, 3.05) is 26.4 Å². The highest BCUT2D eigenvalue weighted by Crippen LogP contribution is 2.43. The van der Waals surface area contributed by atoms with Crippen molar-refractivity contribution in [2.45, 2.75) is 31.7 Å². The summed E-state index contributed by atoms with van der Waals surface area (Å²) < 4.78 is 16.6. The fourth-order valence-electron chi connectivity index (χ4n) is 3.39. The smallest absolute Gasteiger partial charge is 0.223 e. The van der Waals surface area contributed by atoms with Gasteiger partial charge in [-0.15, -0.1) is 0 Å². The van der Waals surface area contributed by atoms with Crippen molar-refractivity contribution >= 4 is 5.91 Å². The van der Waals surface area contributed by atoms with Crippen molar-refractivity contribution in [2.24, 2.45) is 11.8 Å². The SMILES string of the molecule is O=C(N[C@@H](c1ccc2c(c1)OCCO2)C1CC1)C1CCOCC1. The van der Waals surface area contributed by atoms with Gasteiger partial charge in [0.2, 0.25) is 5.91 Å². The number of hydrogen-bond donors (Lipinski definition) is 1. The molecule has 5 nitrogen and oxygen atoms in total. The zero-order valence-electron chi connectivity index (χ0n) is 13.3. The van der Waals surface area contributed by atoms with E-state index in [0.717, 1.165) is 29.9 Å². The molecule has 124 valence electrons. The Kier molecular flexibility index (Phi) is 4.12. The first-order valence-corrected chi connectivity index (χ1v) is 8.59. The molecule has 1 atom stereocenters.